The third kappa shape index (κ3) is 3.38. The number of amides is 1. The van der Waals surface area contributed by atoms with Crippen molar-refractivity contribution in [1.82, 2.24) is 4.90 Å². The van der Waals surface area contributed by atoms with Crippen molar-refractivity contribution < 1.29 is 18.7 Å². The van der Waals surface area contributed by atoms with Crippen molar-refractivity contribution in [3.8, 4) is 11.5 Å². The van der Waals surface area contributed by atoms with E-state index in [0.717, 1.165) is 12.0 Å². The highest BCUT2D eigenvalue weighted by atomic mass is 16.5. The minimum atomic E-state index is -0.259. The zero-order chi connectivity index (χ0) is 18.0. The Morgan fingerprint density at radius 2 is 2.04 bits per heavy atom. The second-order valence-electron chi connectivity index (χ2n) is 6.09. The highest BCUT2D eigenvalue weighted by molar-refractivity contribution is 5.91. The van der Waals surface area contributed by atoms with Crippen LogP contribution in [0.3, 0.4) is 0 Å². The van der Waals surface area contributed by atoms with Crippen LogP contribution < -0.4 is 14.9 Å². The summed E-state index contributed by atoms with van der Waals surface area (Å²) in [5, 5.41) is 0. The molecule has 3 rings (SSSR count). The van der Waals surface area contributed by atoms with E-state index >= 15 is 0 Å². The van der Waals surface area contributed by atoms with Crippen LogP contribution >= 0.6 is 0 Å². The molecule has 1 saturated heterocycles. The van der Waals surface area contributed by atoms with Gasteiger partial charge in [-0.3, -0.25) is 9.59 Å². The summed E-state index contributed by atoms with van der Waals surface area (Å²) in [6.45, 7) is 2.80. The molecule has 25 heavy (non-hydrogen) atoms. The van der Waals surface area contributed by atoms with E-state index in [1.807, 2.05) is 18.2 Å². The van der Waals surface area contributed by atoms with Gasteiger partial charge in [-0.25, -0.2) is 0 Å². The summed E-state index contributed by atoms with van der Waals surface area (Å²) in [6.07, 6.45) is 0.811. The topological polar surface area (TPSA) is 69.0 Å². The first-order valence-electron chi connectivity index (χ1n) is 8.15. The second-order valence-corrected chi connectivity index (χ2v) is 6.09. The first-order valence-corrected chi connectivity index (χ1v) is 8.15. The van der Waals surface area contributed by atoms with Crippen LogP contribution in [0, 0.1) is 6.92 Å². The fraction of sp³-hybridized carbons (Fsp3) is 0.368. The van der Waals surface area contributed by atoms with Gasteiger partial charge in [-0.05, 0) is 19.4 Å². The van der Waals surface area contributed by atoms with Gasteiger partial charge in [0.15, 0.2) is 22.7 Å². The summed E-state index contributed by atoms with van der Waals surface area (Å²) in [5.74, 6) is 1.78. The Bertz CT molecular complexity index is 842. The van der Waals surface area contributed by atoms with Crippen LogP contribution in [0.2, 0.25) is 0 Å². The number of methoxy groups -OCH3 is 2. The summed E-state index contributed by atoms with van der Waals surface area (Å²) >= 11 is 0. The lowest BCUT2D eigenvalue weighted by Gasteiger charge is -2.18. The number of para-hydroxylation sites is 1. The Labute approximate surface area is 146 Å². The predicted octanol–water partition coefficient (Wildman–Crippen LogP) is 2.60. The van der Waals surface area contributed by atoms with Crippen molar-refractivity contribution in [3.05, 3.63) is 57.6 Å². The zero-order valence-corrected chi connectivity index (χ0v) is 14.6. The molecule has 132 valence electrons. The Balaban J connectivity index is 1.82. The summed E-state index contributed by atoms with van der Waals surface area (Å²) in [4.78, 5) is 26.0. The van der Waals surface area contributed by atoms with E-state index in [1.54, 1.807) is 26.0 Å². The van der Waals surface area contributed by atoms with Gasteiger partial charge in [-0.2, -0.15) is 0 Å². The lowest BCUT2D eigenvalue weighted by Crippen LogP contribution is -2.29. The molecule has 0 radical (unpaired) electrons. The smallest absolute Gasteiger partial charge is 0.289 e. The molecule has 1 aromatic carbocycles. The Morgan fingerprint density at radius 3 is 2.72 bits per heavy atom. The van der Waals surface area contributed by atoms with Gasteiger partial charge in [0.1, 0.15) is 5.76 Å². The average Bonchev–Trinajstić information content (AvgIpc) is 3.09. The highest BCUT2D eigenvalue weighted by Crippen LogP contribution is 2.39. The SMILES string of the molecule is COc1cccc([C@H]2CCN(C(=O)c3cc(=O)cc(C)o3)C2)c1OC. The Morgan fingerprint density at radius 1 is 1.24 bits per heavy atom. The van der Waals surface area contributed by atoms with Gasteiger partial charge in [0, 0.05) is 36.7 Å². The maximum Gasteiger partial charge on any atom is 0.289 e. The number of benzene rings is 1. The number of nitrogens with zero attached hydrogens (tertiary/aromatic N) is 1. The van der Waals surface area contributed by atoms with E-state index < -0.39 is 0 Å². The molecular weight excluding hydrogens is 322 g/mol. The summed E-state index contributed by atoms with van der Waals surface area (Å²) in [7, 11) is 3.21. The lowest BCUT2D eigenvalue weighted by molar-refractivity contribution is 0.0754. The monoisotopic (exact) mass is 343 g/mol. The number of carbonyl (C=O) groups is 1. The van der Waals surface area contributed by atoms with Crippen LogP contribution in [-0.4, -0.2) is 38.1 Å². The quantitative estimate of drug-likeness (QED) is 0.853. The van der Waals surface area contributed by atoms with Crippen molar-refractivity contribution in [2.75, 3.05) is 27.3 Å². The number of likely N-dealkylation sites (tertiary alicyclic amines) is 1. The van der Waals surface area contributed by atoms with Gasteiger partial charge in [0.2, 0.25) is 0 Å². The number of aryl methyl sites for hydroxylation is 1. The third-order valence-electron chi connectivity index (χ3n) is 4.45. The largest absolute Gasteiger partial charge is 0.493 e. The molecule has 0 bridgehead atoms. The van der Waals surface area contributed by atoms with Crippen molar-refractivity contribution in [2.45, 2.75) is 19.3 Å². The molecule has 1 aromatic heterocycles. The van der Waals surface area contributed by atoms with Crippen molar-refractivity contribution >= 4 is 5.91 Å². The molecule has 2 aromatic rings. The summed E-state index contributed by atoms with van der Waals surface area (Å²) in [5.41, 5.74) is 0.792. The van der Waals surface area contributed by atoms with Gasteiger partial charge in [0.05, 0.1) is 14.2 Å². The molecule has 6 heteroatoms. The minimum Gasteiger partial charge on any atom is -0.493 e. The first kappa shape index (κ1) is 17.1. The molecule has 0 N–H and O–H groups in total. The Kier molecular flexibility index (Phi) is 4.79. The van der Waals surface area contributed by atoms with Crippen LogP contribution in [0.15, 0.2) is 39.5 Å². The van der Waals surface area contributed by atoms with Gasteiger partial charge in [0.25, 0.3) is 5.91 Å². The van der Waals surface area contributed by atoms with Crippen LogP contribution in [0.1, 0.15) is 34.2 Å². The first-order chi connectivity index (χ1) is 12.0. The van der Waals surface area contributed by atoms with Crippen LogP contribution in [0.5, 0.6) is 11.5 Å². The molecule has 0 aliphatic carbocycles. The van der Waals surface area contributed by atoms with E-state index in [1.165, 1.54) is 12.1 Å². The molecule has 6 nitrogen and oxygen atoms in total. The number of carbonyl (C=O) groups excluding carboxylic acids is 1. The average molecular weight is 343 g/mol. The number of ether oxygens (including phenoxy) is 2. The Hall–Kier alpha value is -2.76. The van der Waals surface area contributed by atoms with E-state index in [9.17, 15) is 9.59 Å². The maximum atomic E-state index is 12.6. The maximum absolute atomic E-state index is 12.6. The number of rotatable bonds is 4. The normalized spacial score (nSPS) is 16.8. The molecule has 1 aliphatic rings. The zero-order valence-electron chi connectivity index (χ0n) is 14.6. The number of hydrogen-bond donors (Lipinski definition) is 0. The van der Waals surface area contributed by atoms with Crippen molar-refractivity contribution in [3.63, 3.8) is 0 Å². The summed E-state index contributed by atoms with van der Waals surface area (Å²) in [6, 6.07) is 8.37. The van der Waals surface area contributed by atoms with Gasteiger partial charge in [-0.1, -0.05) is 12.1 Å². The highest BCUT2D eigenvalue weighted by Gasteiger charge is 2.31. The van der Waals surface area contributed by atoms with Crippen LogP contribution in [0.25, 0.3) is 0 Å². The van der Waals surface area contributed by atoms with Crippen molar-refractivity contribution in [2.24, 2.45) is 0 Å². The lowest BCUT2D eigenvalue weighted by atomic mass is 9.97. The summed E-state index contributed by atoms with van der Waals surface area (Å²) < 4.78 is 16.3. The molecule has 0 spiro atoms. The van der Waals surface area contributed by atoms with Crippen molar-refractivity contribution in [1.29, 1.82) is 0 Å². The molecule has 0 saturated carbocycles. The van der Waals surface area contributed by atoms with Gasteiger partial charge >= 0.3 is 0 Å². The van der Waals surface area contributed by atoms with E-state index in [0.29, 0.717) is 30.3 Å². The van der Waals surface area contributed by atoms with Gasteiger partial charge < -0.3 is 18.8 Å². The number of hydrogen-bond acceptors (Lipinski definition) is 5. The van der Waals surface area contributed by atoms with Crippen LogP contribution in [0.4, 0.5) is 0 Å². The standard InChI is InChI=1S/C19H21NO5/c1-12-9-14(21)10-17(25-12)19(22)20-8-7-13(11-20)15-5-4-6-16(23-2)18(15)24-3/h4-6,9-10,13H,7-8,11H2,1-3H3/t13-/m0/s1. The van der Waals surface area contributed by atoms with Gasteiger partial charge in [-0.15, -0.1) is 0 Å². The second kappa shape index (κ2) is 7.01. The van der Waals surface area contributed by atoms with E-state index in [2.05, 4.69) is 0 Å². The molecule has 1 fully saturated rings. The minimum absolute atomic E-state index is 0.0863. The predicted molar refractivity (Wildman–Crippen MR) is 92.5 cm³/mol. The molecule has 2 heterocycles. The van der Waals surface area contributed by atoms with Crippen LogP contribution in [-0.2, 0) is 0 Å². The molecule has 1 atom stereocenters. The molecule has 1 aliphatic heterocycles. The van der Waals surface area contributed by atoms with E-state index in [4.69, 9.17) is 13.9 Å². The fourth-order valence-electron chi connectivity index (χ4n) is 3.30. The van der Waals surface area contributed by atoms with E-state index in [-0.39, 0.29) is 23.0 Å². The third-order valence-corrected chi connectivity index (χ3v) is 4.45. The fourth-order valence-corrected chi connectivity index (χ4v) is 3.30. The molecule has 1 amide bonds. The molecule has 0 unspecified atom stereocenters. The molecular formula is C19H21NO5.